The largest absolute Gasteiger partial charge is 0.464 e. The van der Waals surface area contributed by atoms with Gasteiger partial charge in [0.05, 0.1) is 6.54 Å². The van der Waals surface area contributed by atoms with Gasteiger partial charge < -0.3 is 14.6 Å². The normalized spacial score (nSPS) is 12.4. The van der Waals surface area contributed by atoms with E-state index in [2.05, 4.69) is 28.2 Å². The molecule has 102 valence electrons. The fourth-order valence-electron chi connectivity index (χ4n) is 1.93. The molecule has 4 nitrogen and oxygen atoms in total. The summed E-state index contributed by atoms with van der Waals surface area (Å²) in [5.74, 6) is 2.84. The van der Waals surface area contributed by atoms with Crippen molar-refractivity contribution in [1.29, 1.82) is 0 Å². The van der Waals surface area contributed by atoms with E-state index in [0.717, 1.165) is 23.9 Å². The van der Waals surface area contributed by atoms with Crippen LogP contribution in [0.3, 0.4) is 0 Å². The van der Waals surface area contributed by atoms with Crippen LogP contribution in [-0.4, -0.2) is 19.1 Å². The molecule has 19 heavy (non-hydrogen) atoms. The number of furan rings is 1. The van der Waals surface area contributed by atoms with E-state index in [4.69, 9.17) is 4.42 Å². The van der Waals surface area contributed by atoms with Gasteiger partial charge in [0, 0.05) is 19.3 Å². The van der Waals surface area contributed by atoms with Crippen molar-refractivity contribution in [3.8, 4) is 0 Å². The van der Waals surface area contributed by atoms with Gasteiger partial charge in [0.15, 0.2) is 0 Å². The molecule has 0 bridgehead atoms. The second-order valence-electron chi connectivity index (χ2n) is 4.83. The lowest BCUT2D eigenvalue weighted by atomic mass is 10.1. The highest BCUT2D eigenvalue weighted by Crippen LogP contribution is 2.17. The Bertz CT molecular complexity index is 518. The topological polar surface area (TPSA) is 41.3 Å². The van der Waals surface area contributed by atoms with Crippen molar-refractivity contribution >= 4 is 5.82 Å². The van der Waals surface area contributed by atoms with Gasteiger partial charge in [-0.1, -0.05) is 6.07 Å². The van der Waals surface area contributed by atoms with Crippen molar-refractivity contribution in [3.05, 3.63) is 47.5 Å². The molecule has 2 heterocycles. The van der Waals surface area contributed by atoms with Crippen LogP contribution >= 0.6 is 0 Å². The molecule has 0 saturated carbocycles. The van der Waals surface area contributed by atoms with Gasteiger partial charge >= 0.3 is 0 Å². The van der Waals surface area contributed by atoms with E-state index >= 15 is 0 Å². The molecule has 0 aliphatic rings. The lowest BCUT2D eigenvalue weighted by molar-refractivity contribution is 0.481. The predicted octanol–water partition coefficient (Wildman–Crippen LogP) is 2.90. The monoisotopic (exact) mass is 259 g/mol. The molecule has 0 aromatic carbocycles. The summed E-state index contributed by atoms with van der Waals surface area (Å²) in [6.07, 6.45) is 1.92. The van der Waals surface area contributed by atoms with Gasteiger partial charge in [-0.05, 0) is 44.7 Å². The maximum Gasteiger partial charge on any atom is 0.128 e. The molecule has 0 spiro atoms. The van der Waals surface area contributed by atoms with Gasteiger partial charge in [-0.2, -0.15) is 0 Å². The zero-order valence-electron chi connectivity index (χ0n) is 12.0. The summed E-state index contributed by atoms with van der Waals surface area (Å²) < 4.78 is 5.58. The number of anilines is 1. The highest BCUT2D eigenvalue weighted by Gasteiger charge is 2.08. The highest BCUT2D eigenvalue weighted by molar-refractivity contribution is 5.39. The van der Waals surface area contributed by atoms with Crippen LogP contribution in [0.25, 0.3) is 0 Å². The summed E-state index contributed by atoms with van der Waals surface area (Å²) in [5, 5.41) is 3.20. The van der Waals surface area contributed by atoms with Crippen LogP contribution in [0.15, 0.2) is 34.9 Å². The van der Waals surface area contributed by atoms with Gasteiger partial charge in [-0.15, -0.1) is 0 Å². The lowest BCUT2D eigenvalue weighted by Gasteiger charge is -2.18. The Morgan fingerprint density at radius 2 is 2.11 bits per heavy atom. The maximum atomic E-state index is 5.58. The number of hydrogen-bond acceptors (Lipinski definition) is 4. The Morgan fingerprint density at radius 3 is 2.63 bits per heavy atom. The minimum atomic E-state index is 0.319. The first-order valence-corrected chi connectivity index (χ1v) is 6.50. The SMILES string of the molecule is CNC(C)c1ccc(N(C)Cc2ccc(C)o2)nc1. The fraction of sp³-hybridized carbons (Fsp3) is 0.400. The van der Waals surface area contributed by atoms with E-state index in [-0.39, 0.29) is 0 Å². The van der Waals surface area contributed by atoms with Crippen LogP contribution in [0.5, 0.6) is 0 Å². The highest BCUT2D eigenvalue weighted by atomic mass is 16.3. The summed E-state index contributed by atoms with van der Waals surface area (Å²) in [6.45, 7) is 4.80. The molecule has 0 aliphatic heterocycles. The molecule has 4 heteroatoms. The van der Waals surface area contributed by atoms with Crippen molar-refractivity contribution in [3.63, 3.8) is 0 Å². The van der Waals surface area contributed by atoms with Gasteiger partial charge in [0.1, 0.15) is 17.3 Å². The lowest BCUT2D eigenvalue weighted by Crippen LogP contribution is -2.18. The first-order valence-electron chi connectivity index (χ1n) is 6.50. The Balaban J connectivity index is 2.05. The summed E-state index contributed by atoms with van der Waals surface area (Å²) in [4.78, 5) is 6.57. The Labute approximate surface area is 114 Å². The molecular weight excluding hydrogens is 238 g/mol. The van der Waals surface area contributed by atoms with Gasteiger partial charge in [-0.3, -0.25) is 0 Å². The van der Waals surface area contributed by atoms with Crippen molar-refractivity contribution in [2.45, 2.75) is 26.4 Å². The van der Waals surface area contributed by atoms with Crippen LogP contribution in [0.2, 0.25) is 0 Å². The van der Waals surface area contributed by atoms with E-state index in [0.29, 0.717) is 6.04 Å². The molecular formula is C15H21N3O. The number of aromatic nitrogens is 1. The third-order valence-electron chi connectivity index (χ3n) is 3.28. The van der Waals surface area contributed by atoms with Crippen molar-refractivity contribution in [2.24, 2.45) is 0 Å². The average Bonchev–Trinajstić information content (AvgIpc) is 2.83. The summed E-state index contributed by atoms with van der Waals surface area (Å²) >= 11 is 0. The third kappa shape index (κ3) is 3.35. The number of aryl methyl sites for hydroxylation is 1. The molecule has 0 amide bonds. The molecule has 1 atom stereocenters. The van der Waals surface area contributed by atoms with Gasteiger partial charge in [-0.25, -0.2) is 4.98 Å². The number of pyridine rings is 1. The standard InChI is InChI=1S/C15H21N3O/c1-11-5-7-14(19-11)10-18(4)15-8-6-13(9-17-15)12(2)16-3/h5-9,12,16H,10H2,1-4H3. The second kappa shape index (κ2) is 5.89. The fourth-order valence-corrected chi connectivity index (χ4v) is 1.93. The van der Waals surface area contributed by atoms with E-state index < -0.39 is 0 Å². The van der Waals surface area contributed by atoms with E-state index in [1.165, 1.54) is 5.56 Å². The zero-order chi connectivity index (χ0) is 13.8. The quantitative estimate of drug-likeness (QED) is 0.896. The molecule has 1 N–H and O–H groups in total. The minimum absolute atomic E-state index is 0.319. The molecule has 2 rings (SSSR count). The molecule has 0 radical (unpaired) electrons. The Morgan fingerprint density at radius 1 is 1.32 bits per heavy atom. The number of hydrogen-bond donors (Lipinski definition) is 1. The van der Waals surface area contributed by atoms with Gasteiger partial charge in [0.2, 0.25) is 0 Å². The third-order valence-corrected chi connectivity index (χ3v) is 3.28. The van der Waals surface area contributed by atoms with Crippen LogP contribution < -0.4 is 10.2 Å². The number of nitrogens with zero attached hydrogens (tertiary/aromatic N) is 2. The summed E-state index contributed by atoms with van der Waals surface area (Å²) in [5.41, 5.74) is 1.19. The molecule has 0 fully saturated rings. The Kier molecular flexibility index (Phi) is 4.22. The molecule has 0 saturated heterocycles. The number of rotatable bonds is 5. The van der Waals surface area contributed by atoms with Crippen LogP contribution in [-0.2, 0) is 6.54 Å². The number of nitrogens with one attached hydrogen (secondary N) is 1. The van der Waals surface area contributed by atoms with Crippen LogP contribution in [0.4, 0.5) is 5.82 Å². The summed E-state index contributed by atoms with van der Waals surface area (Å²) in [6, 6.07) is 8.45. The molecule has 0 aliphatic carbocycles. The molecule has 2 aromatic heterocycles. The van der Waals surface area contributed by atoms with E-state index in [9.17, 15) is 0 Å². The van der Waals surface area contributed by atoms with Crippen molar-refractivity contribution in [1.82, 2.24) is 10.3 Å². The predicted molar refractivity (Wildman–Crippen MR) is 77.3 cm³/mol. The average molecular weight is 259 g/mol. The van der Waals surface area contributed by atoms with Crippen molar-refractivity contribution in [2.75, 3.05) is 19.0 Å². The van der Waals surface area contributed by atoms with E-state index in [1.54, 1.807) is 0 Å². The second-order valence-corrected chi connectivity index (χ2v) is 4.83. The molecule has 1 unspecified atom stereocenters. The molecule has 2 aromatic rings. The smallest absolute Gasteiger partial charge is 0.128 e. The maximum absolute atomic E-state index is 5.58. The zero-order valence-corrected chi connectivity index (χ0v) is 12.0. The minimum Gasteiger partial charge on any atom is -0.464 e. The summed E-state index contributed by atoms with van der Waals surface area (Å²) in [7, 11) is 3.96. The first kappa shape index (κ1) is 13.6. The van der Waals surface area contributed by atoms with E-state index in [1.807, 2.05) is 45.4 Å². The van der Waals surface area contributed by atoms with Crippen molar-refractivity contribution < 1.29 is 4.42 Å². The van der Waals surface area contributed by atoms with Crippen LogP contribution in [0, 0.1) is 6.92 Å². The van der Waals surface area contributed by atoms with Gasteiger partial charge in [0.25, 0.3) is 0 Å². The van der Waals surface area contributed by atoms with Crippen LogP contribution in [0.1, 0.15) is 30.0 Å². The first-order chi connectivity index (χ1) is 9.10. The Hall–Kier alpha value is -1.81.